The van der Waals surface area contributed by atoms with Crippen molar-refractivity contribution in [2.24, 2.45) is 11.8 Å². The van der Waals surface area contributed by atoms with E-state index in [0.29, 0.717) is 19.4 Å². The number of carboxylic acids is 1. The second-order valence-corrected chi connectivity index (χ2v) is 8.40. The molecule has 1 saturated heterocycles. The fraction of sp³-hybridized carbons (Fsp3) is 0.857. The van der Waals surface area contributed by atoms with Crippen LogP contribution in [0.2, 0.25) is 0 Å². The van der Waals surface area contributed by atoms with Gasteiger partial charge in [-0.05, 0) is 25.7 Å². The van der Waals surface area contributed by atoms with Crippen molar-refractivity contribution in [2.45, 2.75) is 46.1 Å². The maximum absolute atomic E-state index is 12.2. The topological polar surface area (TPSA) is 91.8 Å². The first kappa shape index (κ1) is 17.9. The van der Waals surface area contributed by atoms with E-state index in [0.717, 1.165) is 0 Å². The molecule has 0 spiro atoms. The molecule has 0 aromatic rings. The molecule has 0 radical (unpaired) electrons. The van der Waals surface area contributed by atoms with Crippen LogP contribution in [0.15, 0.2) is 0 Å². The lowest BCUT2D eigenvalue weighted by Crippen LogP contribution is -2.49. The molecule has 1 amide bonds. The Labute approximate surface area is 126 Å². The van der Waals surface area contributed by atoms with E-state index < -0.39 is 21.7 Å². The summed E-state index contributed by atoms with van der Waals surface area (Å²) < 4.78 is 23.6. The van der Waals surface area contributed by atoms with Gasteiger partial charge in [-0.15, -0.1) is 0 Å². The molecule has 1 rings (SSSR count). The Morgan fingerprint density at radius 2 is 1.95 bits per heavy atom. The molecule has 0 saturated carbocycles. The summed E-state index contributed by atoms with van der Waals surface area (Å²) in [5.74, 6) is -1.77. The predicted molar refractivity (Wildman–Crippen MR) is 79.6 cm³/mol. The molecule has 1 N–H and O–H groups in total. The van der Waals surface area contributed by atoms with E-state index in [1.54, 1.807) is 6.92 Å². The smallest absolute Gasteiger partial charge is 0.308 e. The summed E-state index contributed by atoms with van der Waals surface area (Å²) in [5, 5.41) is 9.13. The summed E-state index contributed by atoms with van der Waals surface area (Å²) in [6, 6.07) is -0.378. The summed E-state index contributed by atoms with van der Waals surface area (Å²) >= 11 is 0. The summed E-state index contributed by atoms with van der Waals surface area (Å²) in [6.07, 6.45) is 1.14. The highest BCUT2D eigenvalue weighted by atomic mass is 32.2. The number of likely N-dealkylation sites (tertiary alicyclic amines) is 1. The molecule has 6 nitrogen and oxygen atoms in total. The summed E-state index contributed by atoms with van der Waals surface area (Å²) in [6.45, 7) is 5.87. The van der Waals surface area contributed by atoms with Crippen LogP contribution >= 0.6 is 0 Å². The molecule has 0 unspecified atom stereocenters. The molecule has 0 bridgehead atoms. The van der Waals surface area contributed by atoms with Crippen LogP contribution in [0, 0.1) is 11.8 Å². The summed E-state index contributed by atoms with van der Waals surface area (Å²) in [4.78, 5) is 24.8. The van der Waals surface area contributed by atoms with E-state index in [1.165, 1.54) is 4.90 Å². The van der Waals surface area contributed by atoms with Crippen LogP contribution in [0.3, 0.4) is 0 Å². The second kappa shape index (κ2) is 7.24. The van der Waals surface area contributed by atoms with Gasteiger partial charge in [-0.3, -0.25) is 9.59 Å². The predicted octanol–water partition coefficient (Wildman–Crippen LogP) is 1.16. The first-order chi connectivity index (χ1) is 9.64. The Kier molecular flexibility index (Phi) is 6.19. The number of rotatable bonds is 6. The fourth-order valence-corrected chi connectivity index (χ4v) is 4.47. The molecule has 1 heterocycles. The zero-order valence-electron chi connectivity index (χ0n) is 12.9. The van der Waals surface area contributed by atoms with Gasteiger partial charge in [0.05, 0.1) is 17.4 Å². The van der Waals surface area contributed by atoms with Gasteiger partial charge in [-0.2, -0.15) is 0 Å². The minimum atomic E-state index is -3.23. The molecule has 0 aliphatic carbocycles. The minimum Gasteiger partial charge on any atom is -0.481 e. The van der Waals surface area contributed by atoms with Crippen molar-refractivity contribution >= 4 is 21.7 Å². The zero-order chi connectivity index (χ0) is 16.2. The molecule has 0 aromatic heterocycles. The van der Waals surface area contributed by atoms with Gasteiger partial charge in [0, 0.05) is 19.0 Å². The summed E-state index contributed by atoms with van der Waals surface area (Å²) in [5.41, 5.74) is 0. The van der Waals surface area contributed by atoms with E-state index in [1.807, 2.05) is 13.8 Å². The van der Waals surface area contributed by atoms with E-state index in [9.17, 15) is 18.0 Å². The fourth-order valence-electron chi connectivity index (χ4n) is 2.80. The molecule has 21 heavy (non-hydrogen) atoms. The number of carbonyl (C=O) groups excluding carboxylic acids is 1. The number of hydrogen-bond donors (Lipinski definition) is 1. The van der Waals surface area contributed by atoms with Gasteiger partial charge in [-0.1, -0.05) is 13.8 Å². The first-order valence-corrected chi connectivity index (χ1v) is 9.19. The minimum absolute atomic E-state index is 0.0374. The lowest BCUT2D eigenvalue weighted by Gasteiger charge is -2.37. The number of sulfone groups is 1. The van der Waals surface area contributed by atoms with Crippen molar-refractivity contribution in [3.8, 4) is 0 Å². The molecule has 1 aliphatic heterocycles. The van der Waals surface area contributed by atoms with Crippen molar-refractivity contribution in [3.63, 3.8) is 0 Å². The highest BCUT2D eigenvalue weighted by molar-refractivity contribution is 7.91. The van der Waals surface area contributed by atoms with E-state index >= 15 is 0 Å². The van der Waals surface area contributed by atoms with Crippen LogP contribution < -0.4 is 0 Å². The average molecular weight is 319 g/mol. The van der Waals surface area contributed by atoms with Gasteiger partial charge < -0.3 is 10.0 Å². The van der Waals surface area contributed by atoms with Crippen LogP contribution in [0.1, 0.15) is 40.0 Å². The van der Waals surface area contributed by atoms with Crippen molar-refractivity contribution in [3.05, 3.63) is 0 Å². The lowest BCUT2D eigenvalue weighted by molar-refractivity contribution is -0.149. The molecule has 7 heteroatoms. The third-order valence-corrected chi connectivity index (χ3v) is 5.84. The van der Waals surface area contributed by atoms with Crippen molar-refractivity contribution < 1.29 is 23.1 Å². The van der Waals surface area contributed by atoms with E-state index in [-0.39, 0.29) is 35.8 Å². The standard InChI is InChI=1S/C14H25NO5S/c1-10(2)9-21(19,20)8-6-13(16)15-7-4-5-12(11(15)3)14(17)18/h10-12H,4-9H2,1-3H3,(H,17,18)/t11-,12-/m0/s1. The maximum Gasteiger partial charge on any atom is 0.308 e. The van der Waals surface area contributed by atoms with Crippen molar-refractivity contribution in [1.82, 2.24) is 4.90 Å². The van der Waals surface area contributed by atoms with Crippen LogP contribution in [0.25, 0.3) is 0 Å². The Morgan fingerprint density at radius 3 is 2.48 bits per heavy atom. The van der Waals surface area contributed by atoms with Crippen LogP contribution in [0.5, 0.6) is 0 Å². The second-order valence-electron chi connectivity index (χ2n) is 6.17. The average Bonchev–Trinajstić information content (AvgIpc) is 2.34. The summed E-state index contributed by atoms with van der Waals surface area (Å²) in [7, 11) is -3.23. The third-order valence-electron chi connectivity index (χ3n) is 3.84. The van der Waals surface area contributed by atoms with E-state index in [2.05, 4.69) is 0 Å². The van der Waals surface area contributed by atoms with Gasteiger partial charge in [0.2, 0.25) is 5.91 Å². The molecule has 1 fully saturated rings. The van der Waals surface area contributed by atoms with Gasteiger partial charge >= 0.3 is 5.97 Å². The van der Waals surface area contributed by atoms with Gasteiger partial charge in [0.25, 0.3) is 0 Å². The number of hydrogen-bond acceptors (Lipinski definition) is 4. The van der Waals surface area contributed by atoms with Crippen LogP contribution in [-0.4, -0.2) is 54.4 Å². The number of amides is 1. The molecule has 1 aliphatic rings. The van der Waals surface area contributed by atoms with Gasteiger partial charge in [0.1, 0.15) is 0 Å². The number of aliphatic carboxylic acids is 1. The highest BCUT2D eigenvalue weighted by Crippen LogP contribution is 2.24. The third kappa shape index (κ3) is 5.30. The quantitative estimate of drug-likeness (QED) is 0.793. The lowest BCUT2D eigenvalue weighted by atomic mass is 9.90. The Bertz CT molecular complexity index is 486. The Morgan fingerprint density at radius 1 is 1.33 bits per heavy atom. The first-order valence-electron chi connectivity index (χ1n) is 7.36. The van der Waals surface area contributed by atoms with E-state index in [4.69, 9.17) is 5.11 Å². The number of carboxylic acid groups (broad SMARTS) is 1. The number of nitrogens with zero attached hydrogens (tertiary/aromatic N) is 1. The SMILES string of the molecule is CC(C)CS(=O)(=O)CCC(=O)N1CCC[C@H](C(=O)O)[C@@H]1C. The highest BCUT2D eigenvalue weighted by Gasteiger charge is 2.35. The zero-order valence-corrected chi connectivity index (χ0v) is 13.7. The molecule has 0 aromatic carbocycles. The van der Waals surface area contributed by atoms with Crippen molar-refractivity contribution in [1.29, 1.82) is 0 Å². The number of carbonyl (C=O) groups is 2. The van der Waals surface area contributed by atoms with Gasteiger partial charge in [-0.25, -0.2) is 8.42 Å². The van der Waals surface area contributed by atoms with Crippen molar-refractivity contribution in [2.75, 3.05) is 18.1 Å². The Hall–Kier alpha value is -1.11. The molecule has 122 valence electrons. The van der Waals surface area contributed by atoms with Gasteiger partial charge in [0.15, 0.2) is 9.84 Å². The number of piperidine rings is 1. The van der Waals surface area contributed by atoms with Crippen LogP contribution in [-0.2, 0) is 19.4 Å². The monoisotopic (exact) mass is 319 g/mol. The molecular formula is C14H25NO5S. The molecular weight excluding hydrogens is 294 g/mol. The normalized spacial score (nSPS) is 23.3. The largest absolute Gasteiger partial charge is 0.481 e. The maximum atomic E-state index is 12.2. The molecule has 2 atom stereocenters. The van der Waals surface area contributed by atoms with Crippen LogP contribution in [0.4, 0.5) is 0 Å². The Balaban J connectivity index is 2.61.